The highest BCUT2D eigenvalue weighted by molar-refractivity contribution is 14.1. The number of ether oxygens (including phenoxy) is 2. The summed E-state index contributed by atoms with van der Waals surface area (Å²) in [5, 5.41) is 3.63. The molecule has 1 saturated carbocycles. The Balaban J connectivity index is 1.43. The molecule has 2 aromatic rings. The van der Waals surface area contributed by atoms with Crippen molar-refractivity contribution in [2.45, 2.75) is 62.5 Å². The molecule has 2 aromatic heterocycles. The molecule has 0 unspecified atom stereocenters. The maximum Gasteiger partial charge on any atom is 0.226 e. The van der Waals surface area contributed by atoms with Crippen LogP contribution in [0.5, 0.6) is 5.88 Å². The monoisotopic (exact) mass is 507 g/mol. The van der Waals surface area contributed by atoms with Crippen LogP contribution >= 0.6 is 22.6 Å². The Morgan fingerprint density at radius 3 is 2.79 bits per heavy atom. The van der Waals surface area contributed by atoms with E-state index in [1.165, 1.54) is 36.9 Å². The number of hydrogen-bond donors (Lipinski definition) is 1. The van der Waals surface area contributed by atoms with Gasteiger partial charge in [-0.2, -0.15) is 0 Å². The van der Waals surface area contributed by atoms with Crippen molar-refractivity contribution in [3.05, 3.63) is 51.5 Å². The average Bonchev–Trinajstić information content (AvgIpc) is 3.19. The molecule has 29 heavy (non-hydrogen) atoms. The van der Waals surface area contributed by atoms with Crippen LogP contribution in [0.1, 0.15) is 56.2 Å². The lowest BCUT2D eigenvalue weighted by Gasteiger charge is -2.46. The van der Waals surface area contributed by atoms with E-state index in [1.807, 2.05) is 18.5 Å². The molecular weight excluding hydrogens is 477 g/mol. The number of nitrogens with zero attached hydrogens (tertiary/aromatic N) is 2. The molecule has 1 atom stereocenters. The van der Waals surface area contributed by atoms with Crippen LogP contribution < -0.4 is 10.1 Å². The summed E-state index contributed by atoms with van der Waals surface area (Å²) in [5.74, 6) is 0.688. The Bertz CT molecular complexity index is 811. The Hall–Kier alpha value is -1.25. The summed E-state index contributed by atoms with van der Waals surface area (Å²) in [5.41, 5.74) is 2.59. The van der Waals surface area contributed by atoms with E-state index in [0.717, 1.165) is 42.5 Å². The molecule has 1 aliphatic heterocycles. The third-order valence-corrected chi connectivity index (χ3v) is 7.31. The number of aromatic nitrogens is 2. The summed E-state index contributed by atoms with van der Waals surface area (Å²) >= 11 is 2.27. The molecule has 0 aromatic carbocycles. The molecule has 0 bridgehead atoms. The topological polar surface area (TPSA) is 56.3 Å². The summed E-state index contributed by atoms with van der Waals surface area (Å²) in [7, 11) is 1.66. The average molecular weight is 507 g/mol. The van der Waals surface area contributed by atoms with Crippen LogP contribution in [0, 0.1) is 3.57 Å². The predicted octanol–water partition coefficient (Wildman–Crippen LogP) is 4.63. The Kier molecular flexibility index (Phi) is 6.71. The van der Waals surface area contributed by atoms with Crippen LogP contribution in [0.2, 0.25) is 0 Å². The normalized spacial score (nSPS) is 23.4. The van der Waals surface area contributed by atoms with E-state index in [0.29, 0.717) is 5.88 Å². The number of rotatable bonds is 7. The standard InChI is InChI=1S/C23H30IN3O2/c1-28-21-19(24)14-18(16-27-21)15-25-12-9-22(20-6-2-5-11-26-20)10-13-29-23(17-22)7-3-4-8-23/h2,5-6,11,14,16,25H,3-4,7-10,12-13,15,17H2,1H3/t22-/m1/s1. The molecule has 0 radical (unpaired) electrons. The first-order chi connectivity index (χ1) is 14.1. The zero-order chi connectivity index (χ0) is 20.2. The van der Waals surface area contributed by atoms with Crippen LogP contribution in [-0.2, 0) is 16.7 Å². The Morgan fingerprint density at radius 2 is 2.07 bits per heavy atom. The van der Waals surface area contributed by atoms with E-state index < -0.39 is 0 Å². The lowest BCUT2D eigenvalue weighted by Crippen LogP contribution is -2.47. The minimum absolute atomic E-state index is 0.0752. The van der Waals surface area contributed by atoms with Gasteiger partial charge in [-0.05, 0) is 85.0 Å². The van der Waals surface area contributed by atoms with E-state index in [-0.39, 0.29) is 11.0 Å². The van der Waals surface area contributed by atoms with Gasteiger partial charge in [0.1, 0.15) is 0 Å². The highest BCUT2D eigenvalue weighted by Gasteiger charge is 2.48. The third kappa shape index (κ3) is 4.75. The lowest BCUT2D eigenvalue weighted by molar-refractivity contribution is -0.104. The summed E-state index contributed by atoms with van der Waals surface area (Å²) in [6.07, 6.45) is 12.0. The molecule has 0 amide bonds. The van der Waals surface area contributed by atoms with Crippen LogP contribution in [0.25, 0.3) is 0 Å². The van der Waals surface area contributed by atoms with Crippen molar-refractivity contribution in [2.24, 2.45) is 0 Å². The van der Waals surface area contributed by atoms with Crippen LogP contribution in [0.15, 0.2) is 36.7 Å². The van der Waals surface area contributed by atoms with Gasteiger partial charge in [-0.1, -0.05) is 18.9 Å². The van der Waals surface area contributed by atoms with Crippen LogP contribution in [0.3, 0.4) is 0 Å². The SMILES string of the molecule is COc1ncc(CNCC[C@@]2(c3ccccn3)CCOC3(CCCC3)C2)cc1I. The van der Waals surface area contributed by atoms with Gasteiger partial charge in [-0.15, -0.1) is 0 Å². The highest BCUT2D eigenvalue weighted by atomic mass is 127. The molecular formula is C23H30IN3O2. The molecule has 1 spiro atoms. The molecule has 156 valence electrons. The van der Waals surface area contributed by atoms with Crippen LogP contribution in [0.4, 0.5) is 0 Å². The van der Waals surface area contributed by atoms with E-state index in [2.05, 4.69) is 51.1 Å². The van der Waals surface area contributed by atoms with E-state index >= 15 is 0 Å². The largest absolute Gasteiger partial charge is 0.480 e. The zero-order valence-electron chi connectivity index (χ0n) is 17.1. The fourth-order valence-corrected chi connectivity index (χ4v) is 5.83. The van der Waals surface area contributed by atoms with Crippen molar-refractivity contribution in [2.75, 3.05) is 20.3 Å². The molecule has 5 nitrogen and oxygen atoms in total. The molecule has 3 heterocycles. The quantitative estimate of drug-likeness (QED) is 0.438. The van der Waals surface area contributed by atoms with Gasteiger partial charge < -0.3 is 14.8 Å². The van der Waals surface area contributed by atoms with Gasteiger partial charge in [-0.25, -0.2) is 4.98 Å². The van der Waals surface area contributed by atoms with E-state index in [1.54, 1.807) is 7.11 Å². The molecule has 2 aliphatic rings. The van der Waals surface area contributed by atoms with Crippen molar-refractivity contribution >= 4 is 22.6 Å². The van der Waals surface area contributed by atoms with Crippen molar-refractivity contribution in [3.63, 3.8) is 0 Å². The second-order valence-electron chi connectivity index (χ2n) is 8.42. The second-order valence-corrected chi connectivity index (χ2v) is 9.58. The van der Waals surface area contributed by atoms with Gasteiger partial charge in [0.2, 0.25) is 5.88 Å². The minimum Gasteiger partial charge on any atom is -0.480 e. The molecule has 6 heteroatoms. The van der Waals surface area contributed by atoms with Gasteiger partial charge in [0, 0.05) is 36.7 Å². The zero-order valence-corrected chi connectivity index (χ0v) is 19.3. The smallest absolute Gasteiger partial charge is 0.226 e. The lowest BCUT2D eigenvalue weighted by atomic mass is 9.68. The predicted molar refractivity (Wildman–Crippen MR) is 122 cm³/mol. The maximum atomic E-state index is 6.34. The summed E-state index contributed by atoms with van der Waals surface area (Å²) in [4.78, 5) is 9.17. The Morgan fingerprint density at radius 1 is 1.21 bits per heavy atom. The van der Waals surface area contributed by atoms with Gasteiger partial charge in [0.15, 0.2) is 0 Å². The number of nitrogens with one attached hydrogen (secondary N) is 1. The highest BCUT2D eigenvalue weighted by Crippen LogP contribution is 2.49. The molecule has 4 rings (SSSR count). The van der Waals surface area contributed by atoms with Crippen molar-refractivity contribution in [1.29, 1.82) is 0 Å². The van der Waals surface area contributed by atoms with Crippen molar-refractivity contribution in [3.8, 4) is 5.88 Å². The van der Waals surface area contributed by atoms with Crippen molar-refractivity contribution in [1.82, 2.24) is 15.3 Å². The molecule has 2 fully saturated rings. The van der Waals surface area contributed by atoms with Gasteiger partial charge in [0.25, 0.3) is 0 Å². The van der Waals surface area contributed by atoms with Crippen LogP contribution in [-0.4, -0.2) is 35.8 Å². The third-order valence-electron chi connectivity index (χ3n) is 6.54. The number of halogens is 1. The fourth-order valence-electron chi connectivity index (χ4n) is 5.07. The Labute approximate surface area is 187 Å². The van der Waals surface area contributed by atoms with Gasteiger partial charge in [-0.3, -0.25) is 4.98 Å². The molecule has 1 aliphatic carbocycles. The summed E-state index contributed by atoms with van der Waals surface area (Å²) in [6, 6.07) is 8.48. The summed E-state index contributed by atoms with van der Waals surface area (Å²) in [6.45, 7) is 2.61. The van der Waals surface area contributed by atoms with Gasteiger partial charge >= 0.3 is 0 Å². The first-order valence-corrected chi connectivity index (χ1v) is 11.7. The number of hydrogen-bond acceptors (Lipinski definition) is 5. The summed E-state index contributed by atoms with van der Waals surface area (Å²) < 4.78 is 12.6. The van der Waals surface area contributed by atoms with E-state index in [4.69, 9.17) is 14.5 Å². The van der Waals surface area contributed by atoms with Gasteiger partial charge in [0.05, 0.1) is 16.3 Å². The van der Waals surface area contributed by atoms with Crippen molar-refractivity contribution < 1.29 is 9.47 Å². The molecule has 1 saturated heterocycles. The number of methoxy groups -OCH3 is 1. The number of pyridine rings is 2. The maximum absolute atomic E-state index is 6.34. The fraction of sp³-hybridized carbons (Fsp3) is 0.565. The second kappa shape index (κ2) is 9.27. The minimum atomic E-state index is 0.0752. The van der Waals surface area contributed by atoms with E-state index in [9.17, 15) is 0 Å². The first kappa shape index (κ1) is 21.0. The molecule has 1 N–H and O–H groups in total. The first-order valence-electron chi connectivity index (χ1n) is 10.6.